The summed E-state index contributed by atoms with van der Waals surface area (Å²) in [5.41, 5.74) is 7.14. The number of halogens is 1. The molecule has 0 aromatic heterocycles. The fourth-order valence-corrected chi connectivity index (χ4v) is 1.55. The van der Waals surface area contributed by atoms with Crippen molar-refractivity contribution in [3.05, 3.63) is 29.1 Å². The second-order valence-corrected chi connectivity index (χ2v) is 3.38. The third-order valence-corrected chi connectivity index (χ3v) is 2.19. The van der Waals surface area contributed by atoms with Crippen LogP contribution in [0.25, 0.3) is 0 Å². The lowest BCUT2D eigenvalue weighted by Gasteiger charge is -2.22. The van der Waals surface area contributed by atoms with Crippen LogP contribution in [0.3, 0.4) is 0 Å². The topological polar surface area (TPSA) is 44.5 Å². The van der Waals surface area contributed by atoms with Crippen molar-refractivity contribution in [3.8, 4) is 5.75 Å². The van der Waals surface area contributed by atoms with E-state index < -0.39 is 0 Å². The first kappa shape index (κ1) is 9.43. The van der Waals surface area contributed by atoms with E-state index in [2.05, 4.69) is 0 Å². The van der Waals surface area contributed by atoms with Crippen molar-refractivity contribution in [2.75, 3.05) is 6.79 Å². The Labute approximate surface area is 81.6 Å². The van der Waals surface area contributed by atoms with Crippen molar-refractivity contribution in [1.82, 2.24) is 0 Å². The monoisotopic (exact) mass is 197 g/mol. The van der Waals surface area contributed by atoms with E-state index in [0.717, 1.165) is 5.56 Å². The Morgan fingerprint density at radius 1 is 1.50 bits per heavy atom. The maximum atomic E-state index is 13.1. The predicted octanol–water partition coefficient (Wildman–Crippen LogP) is 1.71. The van der Waals surface area contributed by atoms with E-state index in [4.69, 9.17) is 15.2 Å². The van der Waals surface area contributed by atoms with Gasteiger partial charge < -0.3 is 15.2 Å². The second kappa shape index (κ2) is 3.55. The van der Waals surface area contributed by atoms with Gasteiger partial charge in [0.25, 0.3) is 0 Å². The molecule has 3 nitrogen and oxygen atoms in total. The molecule has 1 heterocycles. The smallest absolute Gasteiger partial charge is 0.189 e. The van der Waals surface area contributed by atoms with Crippen LogP contribution < -0.4 is 10.5 Å². The van der Waals surface area contributed by atoms with Crippen LogP contribution in [0, 0.1) is 5.82 Å². The molecule has 4 heteroatoms. The Morgan fingerprint density at radius 2 is 2.29 bits per heavy atom. The molecule has 0 amide bonds. The molecule has 76 valence electrons. The van der Waals surface area contributed by atoms with Crippen molar-refractivity contribution in [2.24, 2.45) is 5.73 Å². The largest absolute Gasteiger partial charge is 0.467 e. The zero-order valence-electron chi connectivity index (χ0n) is 7.92. The Balaban J connectivity index is 2.52. The molecule has 0 aliphatic carbocycles. The minimum absolute atomic E-state index is 0.207. The Kier molecular flexibility index (Phi) is 2.39. The zero-order chi connectivity index (χ0) is 10.1. The van der Waals surface area contributed by atoms with Crippen LogP contribution in [-0.4, -0.2) is 6.79 Å². The summed E-state index contributed by atoms with van der Waals surface area (Å²) in [5, 5.41) is 0. The van der Waals surface area contributed by atoms with Crippen LogP contribution in [0.4, 0.5) is 4.39 Å². The van der Waals surface area contributed by atoms with Gasteiger partial charge in [-0.2, -0.15) is 0 Å². The summed E-state index contributed by atoms with van der Waals surface area (Å²) in [5.74, 6) is 0.373. The standard InChI is InChI=1S/C10H12FNO2/c1-6(12)9-3-8(11)2-7-4-13-5-14-10(7)9/h2-3,6H,4-5,12H2,1H3. The molecule has 0 saturated carbocycles. The van der Waals surface area contributed by atoms with Gasteiger partial charge >= 0.3 is 0 Å². The summed E-state index contributed by atoms with van der Waals surface area (Å²) in [4.78, 5) is 0. The number of hydrogen-bond acceptors (Lipinski definition) is 3. The quantitative estimate of drug-likeness (QED) is 0.745. The average molecular weight is 197 g/mol. The Morgan fingerprint density at radius 3 is 3.00 bits per heavy atom. The number of hydrogen-bond donors (Lipinski definition) is 1. The van der Waals surface area contributed by atoms with Gasteiger partial charge in [0, 0.05) is 17.2 Å². The first-order valence-corrected chi connectivity index (χ1v) is 4.47. The molecule has 1 aliphatic heterocycles. The lowest BCUT2D eigenvalue weighted by Crippen LogP contribution is -2.16. The lowest BCUT2D eigenvalue weighted by atomic mass is 10.0. The average Bonchev–Trinajstić information content (AvgIpc) is 2.16. The summed E-state index contributed by atoms with van der Waals surface area (Å²) in [7, 11) is 0. The molecule has 0 saturated heterocycles. The van der Waals surface area contributed by atoms with Gasteiger partial charge in [-0.3, -0.25) is 0 Å². The maximum absolute atomic E-state index is 13.1. The van der Waals surface area contributed by atoms with Gasteiger partial charge in [0.05, 0.1) is 6.61 Å². The number of nitrogens with two attached hydrogens (primary N) is 1. The molecule has 2 rings (SSSR count). The van der Waals surface area contributed by atoms with Crippen LogP contribution in [0.2, 0.25) is 0 Å². The van der Waals surface area contributed by atoms with Gasteiger partial charge in [-0.15, -0.1) is 0 Å². The van der Waals surface area contributed by atoms with E-state index in [-0.39, 0.29) is 18.7 Å². The molecule has 1 unspecified atom stereocenters. The van der Waals surface area contributed by atoms with Crippen LogP contribution >= 0.6 is 0 Å². The highest BCUT2D eigenvalue weighted by molar-refractivity contribution is 5.43. The summed E-state index contributed by atoms with van der Waals surface area (Å²) in [6, 6.07) is 2.59. The highest BCUT2D eigenvalue weighted by Gasteiger charge is 2.18. The summed E-state index contributed by atoms with van der Waals surface area (Å²) in [6.07, 6.45) is 0. The SMILES string of the molecule is CC(N)c1cc(F)cc2c1OCOC2. The normalized spacial score (nSPS) is 17.1. The fourth-order valence-electron chi connectivity index (χ4n) is 1.55. The van der Waals surface area contributed by atoms with Crippen molar-refractivity contribution >= 4 is 0 Å². The van der Waals surface area contributed by atoms with Gasteiger partial charge in [0.15, 0.2) is 6.79 Å². The molecule has 0 radical (unpaired) electrons. The third kappa shape index (κ3) is 1.58. The maximum Gasteiger partial charge on any atom is 0.189 e. The number of benzene rings is 1. The molecule has 1 atom stereocenters. The van der Waals surface area contributed by atoms with Gasteiger partial charge in [-0.1, -0.05) is 0 Å². The Hall–Kier alpha value is -1.13. The fraction of sp³-hybridized carbons (Fsp3) is 0.400. The molecule has 1 aromatic rings. The van der Waals surface area contributed by atoms with Crippen LogP contribution in [0.15, 0.2) is 12.1 Å². The summed E-state index contributed by atoms with van der Waals surface area (Å²) >= 11 is 0. The summed E-state index contributed by atoms with van der Waals surface area (Å²) < 4.78 is 23.5. The van der Waals surface area contributed by atoms with Crippen molar-refractivity contribution in [3.63, 3.8) is 0 Å². The first-order valence-electron chi connectivity index (χ1n) is 4.47. The number of ether oxygens (including phenoxy) is 2. The van der Waals surface area contributed by atoms with E-state index in [1.807, 2.05) is 0 Å². The molecule has 0 spiro atoms. The zero-order valence-corrected chi connectivity index (χ0v) is 7.92. The lowest BCUT2D eigenvalue weighted by molar-refractivity contribution is -0.0174. The molecule has 1 aliphatic rings. The van der Waals surface area contributed by atoms with Crippen molar-refractivity contribution < 1.29 is 13.9 Å². The minimum atomic E-state index is -0.301. The van der Waals surface area contributed by atoms with Crippen molar-refractivity contribution in [1.29, 1.82) is 0 Å². The first-order chi connectivity index (χ1) is 6.68. The van der Waals surface area contributed by atoms with Crippen LogP contribution in [0.1, 0.15) is 24.1 Å². The summed E-state index contributed by atoms with van der Waals surface area (Å²) in [6.45, 7) is 2.39. The van der Waals surface area contributed by atoms with E-state index >= 15 is 0 Å². The van der Waals surface area contributed by atoms with E-state index in [0.29, 0.717) is 17.9 Å². The molecule has 2 N–H and O–H groups in total. The highest BCUT2D eigenvalue weighted by atomic mass is 19.1. The van der Waals surface area contributed by atoms with Gasteiger partial charge in [-0.05, 0) is 19.1 Å². The van der Waals surface area contributed by atoms with Crippen LogP contribution in [0.5, 0.6) is 5.75 Å². The van der Waals surface area contributed by atoms with Crippen molar-refractivity contribution in [2.45, 2.75) is 19.6 Å². The molecular weight excluding hydrogens is 185 g/mol. The molecule has 0 bridgehead atoms. The third-order valence-electron chi connectivity index (χ3n) is 2.19. The molecular formula is C10H12FNO2. The van der Waals surface area contributed by atoms with E-state index in [9.17, 15) is 4.39 Å². The van der Waals surface area contributed by atoms with E-state index in [1.165, 1.54) is 12.1 Å². The Bertz CT molecular complexity index is 352. The van der Waals surface area contributed by atoms with Gasteiger partial charge in [-0.25, -0.2) is 4.39 Å². The second-order valence-electron chi connectivity index (χ2n) is 3.38. The number of rotatable bonds is 1. The molecule has 1 aromatic carbocycles. The molecule has 0 fully saturated rings. The highest BCUT2D eigenvalue weighted by Crippen LogP contribution is 2.32. The minimum Gasteiger partial charge on any atom is -0.467 e. The molecule has 14 heavy (non-hydrogen) atoms. The van der Waals surface area contributed by atoms with Crippen LogP contribution in [-0.2, 0) is 11.3 Å². The predicted molar refractivity (Wildman–Crippen MR) is 49.3 cm³/mol. The van der Waals surface area contributed by atoms with Gasteiger partial charge in [0.2, 0.25) is 0 Å². The number of fused-ring (bicyclic) bond motifs is 1. The van der Waals surface area contributed by atoms with Gasteiger partial charge in [0.1, 0.15) is 11.6 Å². The van der Waals surface area contributed by atoms with E-state index in [1.54, 1.807) is 6.92 Å².